The Morgan fingerprint density at radius 3 is 2.92 bits per heavy atom. The van der Waals surface area contributed by atoms with Crippen LogP contribution in [0.15, 0.2) is 24.3 Å². The first-order valence-electron chi connectivity index (χ1n) is 9.09. The van der Waals surface area contributed by atoms with Crippen molar-refractivity contribution in [2.75, 3.05) is 51.5 Å². The van der Waals surface area contributed by atoms with Gasteiger partial charge >= 0.3 is 0 Å². The lowest BCUT2D eigenvalue weighted by atomic mass is 10.1. The molecule has 2 aliphatic heterocycles. The van der Waals surface area contributed by atoms with E-state index in [1.165, 1.54) is 0 Å². The van der Waals surface area contributed by atoms with Gasteiger partial charge in [-0.15, -0.1) is 0 Å². The molecule has 0 radical (unpaired) electrons. The van der Waals surface area contributed by atoms with E-state index in [1.54, 1.807) is 16.9 Å². The molecule has 3 rings (SSSR count). The van der Waals surface area contributed by atoms with E-state index in [2.05, 4.69) is 0 Å². The molecule has 0 unspecified atom stereocenters. The van der Waals surface area contributed by atoms with E-state index in [0.717, 1.165) is 31.6 Å². The van der Waals surface area contributed by atoms with Crippen molar-refractivity contribution in [2.45, 2.75) is 25.4 Å². The minimum absolute atomic E-state index is 0.00764. The monoisotopic (exact) mass is 362 g/mol. The quantitative estimate of drug-likeness (QED) is 0.766. The van der Waals surface area contributed by atoms with Crippen LogP contribution >= 0.6 is 0 Å². The van der Waals surface area contributed by atoms with Crippen LogP contribution in [0.5, 0.6) is 5.75 Å². The Labute approximate surface area is 153 Å². The summed E-state index contributed by atoms with van der Waals surface area (Å²) in [6, 6.07) is 7.37. The van der Waals surface area contributed by atoms with Crippen LogP contribution in [-0.4, -0.2) is 69.4 Å². The van der Waals surface area contributed by atoms with Crippen LogP contribution in [0.3, 0.4) is 0 Å². The molecular formula is C19H26N2O5. The summed E-state index contributed by atoms with van der Waals surface area (Å²) in [5.41, 5.74) is 0.784. The maximum absolute atomic E-state index is 12.5. The van der Waals surface area contributed by atoms with Gasteiger partial charge in [0, 0.05) is 31.5 Å². The molecule has 7 nitrogen and oxygen atoms in total. The summed E-state index contributed by atoms with van der Waals surface area (Å²) in [4.78, 5) is 28.0. The lowest BCUT2D eigenvalue weighted by Gasteiger charge is -2.34. The molecule has 2 amide bonds. The smallest absolute Gasteiger partial charge is 0.249 e. The first-order chi connectivity index (χ1) is 12.7. The third kappa shape index (κ3) is 4.74. The van der Waals surface area contributed by atoms with Crippen molar-refractivity contribution in [3.05, 3.63) is 24.3 Å². The molecule has 0 bridgehead atoms. The van der Waals surface area contributed by atoms with Crippen molar-refractivity contribution < 1.29 is 23.8 Å². The predicted octanol–water partition coefficient (Wildman–Crippen LogP) is 1.46. The van der Waals surface area contributed by atoms with Gasteiger partial charge in [-0.3, -0.25) is 9.59 Å². The van der Waals surface area contributed by atoms with E-state index >= 15 is 0 Å². The average molecular weight is 362 g/mol. The molecule has 2 fully saturated rings. The fraction of sp³-hybridized carbons (Fsp3) is 0.579. The Morgan fingerprint density at radius 2 is 2.19 bits per heavy atom. The Morgan fingerprint density at radius 1 is 1.31 bits per heavy atom. The van der Waals surface area contributed by atoms with E-state index in [4.69, 9.17) is 14.2 Å². The van der Waals surface area contributed by atoms with Crippen molar-refractivity contribution in [1.82, 2.24) is 4.90 Å². The number of methoxy groups -OCH3 is 1. The first-order valence-corrected chi connectivity index (χ1v) is 9.09. The molecule has 2 aliphatic rings. The summed E-state index contributed by atoms with van der Waals surface area (Å²) in [7, 11) is 1.59. The summed E-state index contributed by atoms with van der Waals surface area (Å²) in [5.74, 6) is 0.444. The SMILES string of the molecule is COc1cccc(N2CCN(C(=O)COC[C@@H]3CCCCO3)CC2=O)c1. The maximum Gasteiger partial charge on any atom is 0.249 e. The van der Waals surface area contributed by atoms with Gasteiger partial charge in [0.25, 0.3) is 0 Å². The van der Waals surface area contributed by atoms with E-state index in [0.29, 0.717) is 25.4 Å². The van der Waals surface area contributed by atoms with E-state index in [1.807, 2.05) is 24.3 Å². The first kappa shape index (κ1) is 18.7. The standard InChI is InChI=1S/C19H26N2O5/c1-24-16-7-4-5-15(11-16)21-9-8-20(12-18(21)22)19(23)14-25-13-17-6-2-3-10-26-17/h4-5,7,11,17H,2-3,6,8-10,12-14H2,1H3/t17-/m0/s1. The molecule has 0 N–H and O–H groups in total. The third-order valence-electron chi connectivity index (χ3n) is 4.74. The van der Waals surface area contributed by atoms with Crippen LogP contribution in [-0.2, 0) is 19.1 Å². The molecule has 0 spiro atoms. The average Bonchev–Trinajstić information content (AvgIpc) is 2.68. The number of hydrogen-bond acceptors (Lipinski definition) is 5. The Kier molecular flexibility index (Phi) is 6.46. The molecule has 0 saturated carbocycles. The number of hydrogen-bond donors (Lipinski definition) is 0. The zero-order valence-electron chi connectivity index (χ0n) is 15.2. The minimum Gasteiger partial charge on any atom is -0.497 e. The molecular weight excluding hydrogens is 336 g/mol. The number of rotatable bonds is 6. The van der Waals surface area contributed by atoms with Crippen LogP contribution < -0.4 is 9.64 Å². The van der Waals surface area contributed by atoms with Gasteiger partial charge in [0.2, 0.25) is 11.8 Å². The van der Waals surface area contributed by atoms with Crippen molar-refractivity contribution in [3.63, 3.8) is 0 Å². The van der Waals surface area contributed by atoms with Gasteiger partial charge < -0.3 is 24.0 Å². The van der Waals surface area contributed by atoms with Gasteiger partial charge in [0.05, 0.1) is 19.8 Å². The highest BCUT2D eigenvalue weighted by Crippen LogP contribution is 2.22. The number of amides is 2. The number of ether oxygens (including phenoxy) is 3. The molecule has 1 aromatic carbocycles. The van der Waals surface area contributed by atoms with Crippen LogP contribution in [0.4, 0.5) is 5.69 Å². The summed E-state index contributed by atoms with van der Waals surface area (Å²) >= 11 is 0. The normalized spacial score (nSPS) is 21.0. The van der Waals surface area contributed by atoms with Crippen LogP contribution in [0.2, 0.25) is 0 Å². The molecule has 7 heteroatoms. The Bertz CT molecular complexity index is 630. The highest BCUT2D eigenvalue weighted by molar-refractivity contribution is 5.98. The number of nitrogens with zero attached hydrogens (tertiary/aromatic N) is 2. The topological polar surface area (TPSA) is 68.3 Å². The molecule has 142 valence electrons. The van der Waals surface area contributed by atoms with E-state index < -0.39 is 0 Å². The van der Waals surface area contributed by atoms with Crippen molar-refractivity contribution in [3.8, 4) is 5.75 Å². The van der Waals surface area contributed by atoms with Gasteiger partial charge in [0.1, 0.15) is 18.9 Å². The fourth-order valence-electron chi connectivity index (χ4n) is 3.25. The number of carbonyl (C=O) groups is 2. The van der Waals surface area contributed by atoms with Gasteiger partial charge in [-0.1, -0.05) is 6.07 Å². The number of benzene rings is 1. The van der Waals surface area contributed by atoms with Gasteiger partial charge in [-0.05, 0) is 31.4 Å². The summed E-state index contributed by atoms with van der Waals surface area (Å²) < 4.78 is 16.3. The van der Waals surface area contributed by atoms with Crippen molar-refractivity contribution >= 4 is 17.5 Å². The molecule has 1 aromatic rings. The zero-order valence-corrected chi connectivity index (χ0v) is 15.2. The highest BCUT2D eigenvalue weighted by Gasteiger charge is 2.28. The Balaban J connectivity index is 1.46. The summed E-state index contributed by atoms with van der Waals surface area (Å²) in [6.45, 7) is 2.21. The van der Waals surface area contributed by atoms with Crippen LogP contribution in [0.25, 0.3) is 0 Å². The second-order valence-corrected chi connectivity index (χ2v) is 6.57. The number of anilines is 1. The lowest BCUT2D eigenvalue weighted by Crippen LogP contribution is -2.53. The summed E-state index contributed by atoms with van der Waals surface area (Å²) in [5, 5.41) is 0. The molecule has 26 heavy (non-hydrogen) atoms. The summed E-state index contributed by atoms with van der Waals surface area (Å²) in [6.07, 6.45) is 3.30. The third-order valence-corrected chi connectivity index (χ3v) is 4.74. The molecule has 2 heterocycles. The largest absolute Gasteiger partial charge is 0.497 e. The molecule has 0 aliphatic carbocycles. The molecule has 2 saturated heterocycles. The van der Waals surface area contributed by atoms with Gasteiger partial charge in [0.15, 0.2) is 0 Å². The van der Waals surface area contributed by atoms with Crippen molar-refractivity contribution in [2.24, 2.45) is 0 Å². The number of piperazine rings is 1. The second kappa shape index (κ2) is 9.00. The maximum atomic E-state index is 12.5. The highest BCUT2D eigenvalue weighted by atomic mass is 16.5. The van der Waals surface area contributed by atoms with Crippen molar-refractivity contribution in [1.29, 1.82) is 0 Å². The lowest BCUT2D eigenvalue weighted by molar-refractivity contribution is -0.142. The zero-order chi connectivity index (χ0) is 18.4. The molecule has 1 atom stereocenters. The van der Waals surface area contributed by atoms with E-state index in [9.17, 15) is 9.59 Å². The second-order valence-electron chi connectivity index (χ2n) is 6.57. The van der Waals surface area contributed by atoms with E-state index in [-0.39, 0.29) is 31.1 Å². The minimum atomic E-state index is -0.153. The Hall–Kier alpha value is -2.12. The fourth-order valence-corrected chi connectivity index (χ4v) is 3.25. The predicted molar refractivity (Wildman–Crippen MR) is 96.3 cm³/mol. The van der Waals surface area contributed by atoms with Gasteiger partial charge in [-0.25, -0.2) is 0 Å². The molecule has 0 aromatic heterocycles. The number of carbonyl (C=O) groups excluding carboxylic acids is 2. The van der Waals surface area contributed by atoms with Crippen LogP contribution in [0.1, 0.15) is 19.3 Å². The van der Waals surface area contributed by atoms with Crippen LogP contribution in [0, 0.1) is 0 Å². The van der Waals surface area contributed by atoms with Gasteiger partial charge in [-0.2, -0.15) is 0 Å².